The first-order chi connectivity index (χ1) is 12.0. The Morgan fingerprint density at radius 2 is 1.76 bits per heavy atom. The number of carbonyl (C=O) groups excluding carboxylic acids is 2. The molecule has 2 fully saturated rings. The number of halogens is 1. The zero-order chi connectivity index (χ0) is 18.0. The molecule has 0 unspecified atom stereocenters. The second-order valence-corrected chi connectivity index (χ2v) is 7.08. The summed E-state index contributed by atoms with van der Waals surface area (Å²) in [5, 5.41) is 12.7. The van der Waals surface area contributed by atoms with Gasteiger partial charge >= 0.3 is 5.97 Å². The normalized spacial score (nSPS) is 26.5. The van der Waals surface area contributed by atoms with Crippen molar-refractivity contribution in [2.24, 2.45) is 0 Å². The third-order valence-corrected chi connectivity index (χ3v) is 5.28. The van der Waals surface area contributed by atoms with Crippen molar-refractivity contribution in [3.63, 3.8) is 0 Å². The Kier molecular flexibility index (Phi) is 5.27. The molecular weight excluding hydrogens is 344 g/mol. The summed E-state index contributed by atoms with van der Waals surface area (Å²) in [6.07, 6.45) is 4.29. The van der Waals surface area contributed by atoms with E-state index in [1.165, 1.54) is 4.90 Å². The Morgan fingerprint density at radius 3 is 2.44 bits per heavy atom. The molecule has 0 saturated carbocycles. The number of hydrogen-bond donors (Lipinski definition) is 2. The van der Waals surface area contributed by atoms with Crippen LogP contribution in [0.1, 0.15) is 48.9 Å². The number of fused-ring (bicyclic) bond motifs is 1. The van der Waals surface area contributed by atoms with Gasteiger partial charge in [-0.2, -0.15) is 0 Å². The van der Waals surface area contributed by atoms with E-state index in [0.29, 0.717) is 29.8 Å². The summed E-state index contributed by atoms with van der Waals surface area (Å²) in [4.78, 5) is 38.4. The number of carboxylic acid groups (broad SMARTS) is 1. The van der Waals surface area contributed by atoms with Crippen molar-refractivity contribution in [3.05, 3.63) is 34.9 Å². The molecule has 0 aromatic heterocycles. The van der Waals surface area contributed by atoms with E-state index in [0.717, 1.165) is 19.3 Å². The van der Waals surface area contributed by atoms with Gasteiger partial charge in [-0.1, -0.05) is 24.4 Å². The van der Waals surface area contributed by atoms with E-state index >= 15 is 0 Å². The van der Waals surface area contributed by atoms with Gasteiger partial charge in [0.1, 0.15) is 12.1 Å². The number of nitrogens with zero attached hydrogens (tertiary/aromatic N) is 1. The summed E-state index contributed by atoms with van der Waals surface area (Å²) in [6, 6.07) is 4.93. The van der Waals surface area contributed by atoms with Crippen LogP contribution in [0.5, 0.6) is 0 Å². The molecule has 0 spiro atoms. The maximum atomic E-state index is 12.9. The summed E-state index contributed by atoms with van der Waals surface area (Å²) < 4.78 is 0. The van der Waals surface area contributed by atoms with Crippen LogP contribution in [-0.4, -0.2) is 45.9 Å². The quantitative estimate of drug-likeness (QED) is 0.862. The first-order valence-electron chi connectivity index (χ1n) is 8.59. The van der Waals surface area contributed by atoms with Crippen LogP contribution in [0, 0.1) is 0 Å². The van der Waals surface area contributed by atoms with Crippen LogP contribution in [0.3, 0.4) is 0 Å². The smallest absolute Gasteiger partial charge is 0.326 e. The van der Waals surface area contributed by atoms with E-state index in [2.05, 4.69) is 5.32 Å². The second kappa shape index (κ2) is 7.44. The molecule has 2 aliphatic rings. The minimum atomic E-state index is -0.973. The van der Waals surface area contributed by atoms with Crippen LogP contribution < -0.4 is 5.32 Å². The molecule has 1 aromatic rings. The minimum absolute atomic E-state index is 0.0381. The van der Waals surface area contributed by atoms with Crippen molar-refractivity contribution in [2.75, 3.05) is 0 Å². The molecule has 2 amide bonds. The van der Waals surface area contributed by atoms with Crippen LogP contribution in [0.25, 0.3) is 0 Å². The molecule has 6 nitrogen and oxygen atoms in total. The average molecular weight is 365 g/mol. The molecule has 0 bridgehead atoms. The number of amides is 2. The van der Waals surface area contributed by atoms with E-state index < -0.39 is 18.1 Å². The molecule has 7 heteroatoms. The molecule has 0 radical (unpaired) electrons. The molecule has 134 valence electrons. The fraction of sp³-hybridized carbons (Fsp3) is 0.500. The van der Waals surface area contributed by atoms with Gasteiger partial charge in [0.25, 0.3) is 5.91 Å². The highest BCUT2D eigenvalue weighted by Gasteiger charge is 2.43. The summed E-state index contributed by atoms with van der Waals surface area (Å²) >= 11 is 5.83. The molecule has 1 aromatic carbocycles. The molecule has 25 heavy (non-hydrogen) atoms. The van der Waals surface area contributed by atoms with Gasteiger partial charge in [0.05, 0.1) is 0 Å². The summed E-state index contributed by atoms with van der Waals surface area (Å²) in [5.74, 6) is -1.60. The number of rotatable bonds is 3. The highest BCUT2D eigenvalue weighted by Crippen LogP contribution is 2.31. The summed E-state index contributed by atoms with van der Waals surface area (Å²) in [6.45, 7) is 0. The monoisotopic (exact) mass is 364 g/mol. The lowest BCUT2D eigenvalue weighted by molar-refractivity contribution is -0.151. The molecule has 2 heterocycles. The van der Waals surface area contributed by atoms with Crippen LogP contribution in [0.15, 0.2) is 24.3 Å². The fourth-order valence-electron chi connectivity index (χ4n) is 3.75. The van der Waals surface area contributed by atoms with Crippen LogP contribution in [0.2, 0.25) is 5.02 Å². The maximum absolute atomic E-state index is 12.9. The lowest BCUT2D eigenvalue weighted by Gasteiger charge is -2.34. The number of aliphatic carboxylic acids is 1. The van der Waals surface area contributed by atoms with Crippen molar-refractivity contribution in [2.45, 2.75) is 56.7 Å². The number of benzene rings is 1. The van der Waals surface area contributed by atoms with E-state index in [-0.39, 0.29) is 17.9 Å². The van der Waals surface area contributed by atoms with Gasteiger partial charge in [0.2, 0.25) is 5.91 Å². The van der Waals surface area contributed by atoms with Crippen molar-refractivity contribution < 1.29 is 19.5 Å². The van der Waals surface area contributed by atoms with Gasteiger partial charge in [0, 0.05) is 16.6 Å². The Morgan fingerprint density at radius 1 is 1.08 bits per heavy atom. The number of nitrogens with one attached hydrogen (secondary N) is 1. The average Bonchev–Trinajstić information content (AvgIpc) is 2.99. The SMILES string of the molecule is O=C(N[C@H]1CCCC[C@H]2CC[C@@H](C(=O)O)N2C1=O)c1ccc(Cl)cc1. The Hall–Kier alpha value is -2.08. The minimum Gasteiger partial charge on any atom is -0.480 e. The van der Waals surface area contributed by atoms with Gasteiger partial charge in [-0.05, 0) is 49.9 Å². The molecule has 2 N–H and O–H groups in total. The second-order valence-electron chi connectivity index (χ2n) is 6.65. The Labute approximate surface area is 151 Å². The lowest BCUT2D eigenvalue weighted by Crippen LogP contribution is -2.54. The van der Waals surface area contributed by atoms with Gasteiger partial charge in [-0.15, -0.1) is 0 Å². The molecule has 3 rings (SSSR count). The lowest BCUT2D eigenvalue weighted by atomic mass is 9.98. The number of carboxylic acids is 1. The van der Waals surface area contributed by atoms with E-state index in [9.17, 15) is 19.5 Å². The fourth-order valence-corrected chi connectivity index (χ4v) is 3.88. The highest BCUT2D eigenvalue weighted by atomic mass is 35.5. The van der Waals surface area contributed by atoms with Crippen LogP contribution in [0.4, 0.5) is 0 Å². The summed E-state index contributed by atoms with van der Waals surface area (Å²) in [7, 11) is 0. The van der Waals surface area contributed by atoms with E-state index in [1.54, 1.807) is 24.3 Å². The van der Waals surface area contributed by atoms with Crippen LogP contribution in [-0.2, 0) is 9.59 Å². The standard InChI is InChI=1S/C18H21ClN2O4/c19-12-7-5-11(6-8-12)16(22)20-14-4-2-1-3-13-9-10-15(18(24)25)21(13)17(14)23/h5-8,13-15H,1-4,9-10H2,(H,20,22)(H,24,25)/t13-,14-,15-/m0/s1. The predicted octanol–water partition coefficient (Wildman–Crippen LogP) is 2.46. The number of hydrogen-bond acceptors (Lipinski definition) is 3. The van der Waals surface area contributed by atoms with Crippen molar-refractivity contribution in [1.82, 2.24) is 10.2 Å². The Balaban J connectivity index is 1.77. The largest absolute Gasteiger partial charge is 0.480 e. The van der Waals surface area contributed by atoms with Crippen molar-refractivity contribution in [1.29, 1.82) is 0 Å². The van der Waals surface area contributed by atoms with Gasteiger partial charge in [-0.3, -0.25) is 9.59 Å². The zero-order valence-electron chi connectivity index (χ0n) is 13.8. The van der Waals surface area contributed by atoms with Gasteiger partial charge in [-0.25, -0.2) is 4.79 Å². The zero-order valence-corrected chi connectivity index (χ0v) is 14.5. The van der Waals surface area contributed by atoms with Gasteiger partial charge in [0.15, 0.2) is 0 Å². The first kappa shape index (κ1) is 17.7. The van der Waals surface area contributed by atoms with Crippen LogP contribution >= 0.6 is 11.6 Å². The maximum Gasteiger partial charge on any atom is 0.326 e. The molecule has 2 saturated heterocycles. The third-order valence-electron chi connectivity index (χ3n) is 5.03. The molecule has 0 aliphatic carbocycles. The topological polar surface area (TPSA) is 86.7 Å². The van der Waals surface area contributed by atoms with Crippen molar-refractivity contribution in [3.8, 4) is 0 Å². The summed E-state index contributed by atoms with van der Waals surface area (Å²) in [5.41, 5.74) is 0.423. The Bertz CT molecular complexity index is 676. The first-order valence-corrected chi connectivity index (χ1v) is 8.96. The molecular formula is C18H21ClN2O4. The molecule has 2 aliphatic heterocycles. The van der Waals surface area contributed by atoms with E-state index in [1.807, 2.05) is 0 Å². The predicted molar refractivity (Wildman–Crippen MR) is 92.5 cm³/mol. The highest BCUT2D eigenvalue weighted by molar-refractivity contribution is 6.30. The molecule has 3 atom stereocenters. The van der Waals surface area contributed by atoms with E-state index in [4.69, 9.17) is 11.6 Å². The number of carbonyl (C=O) groups is 3. The third kappa shape index (κ3) is 3.79. The van der Waals surface area contributed by atoms with Gasteiger partial charge < -0.3 is 15.3 Å². The van der Waals surface area contributed by atoms with Crippen molar-refractivity contribution >= 4 is 29.4 Å².